The van der Waals surface area contributed by atoms with Crippen molar-refractivity contribution in [1.82, 2.24) is 30.5 Å². The molecule has 0 unspecified atom stereocenters. The summed E-state index contributed by atoms with van der Waals surface area (Å²) in [6.07, 6.45) is 3.43. The van der Waals surface area contributed by atoms with Crippen LogP contribution in [0, 0.1) is 5.82 Å². The predicted molar refractivity (Wildman–Crippen MR) is 97.0 cm³/mol. The quantitative estimate of drug-likeness (QED) is 0.602. The summed E-state index contributed by atoms with van der Waals surface area (Å²) >= 11 is 0. The molecule has 0 amide bonds. The first kappa shape index (κ1) is 16.1. The molecule has 0 atom stereocenters. The smallest absolute Gasteiger partial charge is 0.198 e. The summed E-state index contributed by atoms with van der Waals surface area (Å²) in [5.74, 6) is 0.759. The van der Waals surface area contributed by atoms with Gasteiger partial charge in [-0.3, -0.25) is 0 Å². The normalized spacial score (nSPS) is 15.4. The molecule has 2 aromatic carbocycles. The van der Waals surface area contributed by atoms with E-state index in [1.54, 1.807) is 6.07 Å². The standard InChI is InChI=1S/C19H17FN6O/c20-15-9-13(1-3-17(15)26-11-22-24-25-26)14-2-4-18-16(10-14)23-19(27-18)12-5-7-21-8-6-12/h1-4,9-12,21H,5-8H2. The molecule has 1 fully saturated rings. The summed E-state index contributed by atoms with van der Waals surface area (Å²) in [5.41, 5.74) is 3.51. The summed E-state index contributed by atoms with van der Waals surface area (Å²) < 4.78 is 21.8. The van der Waals surface area contributed by atoms with Gasteiger partial charge in [0.15, 0.2) is 11.5 Å². The third-order valence-electron chi connectivity index (χ3n) is 4.97. The Bertz CT molecular complexity index is 1080. The van der Waals surface area contributed by atoms with Crippen molar-refractivity contribution < 1.29 is 8.81 Å². The number of nitrogens with zero attached hydrogens (tertiary/aromatic N) is 5. The van der Waals surface area contributed by atoms with Crippen LogP contribution >= 0.6 is 0 Å². The molecule has 27 heavy (non-hydrogen) atoms. The Morgan fingerprint density at radius 2 is 1.89 bits per heavy atom. The second kappa shape index (κ2) is 6.55. The van der Waals surface area contributed by atoms with Crippen molar-refractivity contribution in [2.75, 3.05) is 13.1 Å². The van der Waals surface area contributed by atoms with Gasteiger partial charge in [0.05, 0.1) is 0 Å². The van der Waals surface area contributed by atoms with E-state index in [4.69, 9.17) is 4.42 Å². The van der Waals surface area contributed by atoms with Crippen LogP contribution in [0.1, 0.15) is 24.7 Å². The number of nitrogens with one attached hydrogen (secondary N) is 1. The molecule has 2 aromatic heterocycles. The van der Waals surface area contributed by atoms with Crippen LogP contribution in [0.15, 0.2) is 47.1 Å². The highest BCUT2D eigenvalue weighted by atomic mass is 19.1. The van der Waals surface area contributed by atoms with Crippen molar-refractivity contribution in [3.05, 3.63) is 54.4 Å². The van der Waals surface area contributed by atoms with Gasteiger partial charge in [-0.2, -0.15) is 4.68 Å². The Hall–Kier alpha value is -3.13. The number of halogens is 1. The van der Waals surface area contributed by atoms with Gasteiger partial charge >= 0.3 is 0 Å². The maximum Gasteiger partial charge on any atom is 0.198 e. The topological polar surface area (TPSA) is 81.7 Å². The molecule has 0 aliphatic carbocycles. The Morgan fingerprint density at radius 3 is 2.67 bits per heavy atom. The first-order chi connectivity index (χ1) is 13.3. The van der Waals surface area contributed by atoms with E-state index in [2.05, 4.69) is 25.8 Å². The van der Waals surface area contributed by atoms with Crippen molar-refractivity contribution >= 4 is 11.1 Å². The molecule has 1 N–H and O–H groups in total. The molecule has 4 aromatic rings. The minimum atomic E-state index is -0.393. The second-order valence-electron chi connectivity index (χ2n) is 6.68. The third kappa shape index (κ3) is 2.97. The molecule has 1 aliphatic rings. The van der Waals surface area contributed by atoms with Gasteiger partial charge in [0.25, 0.3) is 0 Å². The zero-order chi connectivity index (χ0) is 18.2. The van der Waals surface area contributed by atoms with Crippen molar-refractivity contribution in [2.45, 2.75) is 18.8 Å². The fourth-order valence-corrected chi connectivity index (χ4v) is 3.51. The molecule has 5 rings (SSSR count). The Kier molecular flexibility index (Phi) is 3.90. The highest BCUT2D eigenvalue weighted by Crippen LogP contribution is 2.31. The number of hydrogen-bond donors (Lipinski definition) is 1. The SMILES string of the molecule is Fc1cc(-c2ccc3oc(C4CCNCC4)nc3c2)ccc1-n1cnnn1. The molecule has 0 saturated carbocycles. The van der Waals surface area contributed by atoms with Crippen LogP contribution in [0.5, 0.6) is 0 Å². The van der Waals surface area contributed by atoms with Gasteiger partial charge in [0, 0.05) is 5.92 Å². The first-order valence-electron chi connectivity index (χ1n) is 8.92. The molecule has 136 valence electrons. The summed E-state index contributed by atoms with van der Waals surface area (Å²) in [6, 6.07) is 10.7. The average molecular weight is 364 g/mol. The number of tetrazole rings is 1. The molecule has 7 nitrogen and oxygen atoms in total. The molecule has 1 aliphatic heterocycles. The maximum atomic E-state index is 14.5. The zero-order valence-electron chi connectivity index (χ0n) is 14.5. The lowest BCUT2D eigenvalue weighted by Gasteiger charge is -2.19. The van der Waals surface area contributed by atoms with Gasteiger partial charge < -0.3 is 9.73 Å². The van der Waals surface area contributed by atoms with Crippen LogP contribution in [0.4, 0.5) is 4.39 Å². The van der Waals surface area contributed by atoms with E-state index >= 15 is 0 Å². The molecule has 0 radical (unpaired) electrons. The zero-order valence-corrected chi connectivity index (χ0v) is 14.5. The number of benzene rings is 2. The van der Waals surface area contributed by atoms with Crippen LogP contribution in [-0.2, 0) is 0 Å². The van der Waals surface area contributed by atoms with Gasteiger partial charge in [0.2, 0.25) is 0 Å². The van der Waals surface area contributed by atoms with Crippen LogP contribution in [0.25, 0.3) is 27.9 Å². The van der Waals surface area contributed by atoms with E-state index in [0.29, 0.717) is 11.6 Å². The van der Waals surface area contributed by atoms with Gasteiger partial charge in [-0.1, -0.05) is 12.1 Å². The van der Waals surface area contributed by atoms with Crippen molar-refractivity contribution in [2.24, 2.45) is 0 Å². The number of rotatable bonds is 3. The minimum absolute atomic E-state index is 0.305. The summed E-state index contributed by atoms with van der Waals surface area (Å²) in [7, 11) is 0. The minimum Gasteiger partial charge on any atom is -0.440 e. The van der Waals surface area contributed by atoms with Gasteiger partial charge in [-0.25, -0.2) is 9.37 Å². The van der Waals surface area contributed by atoms with Crippen molar-refractivity contribution in [1.29, 1.82) is 0 Å². The highest BCUT2D eigenvalue weighted by molar-refractivity contribution is 5.80. The molecule has 0 spiro atoms. The van der Waals surface area contributed by atoms with E-state index < -0.39 is 5.82 Å². The third-order valence-corrected chi connectivity index (χ3v) is 4.97. The van der Waals surface area contributed by atoms with Crippen LogP contribution in [0.3, 0.4) is 0 Å². The summed E-state index contributed by atoms with van der Waals surface area (Å²) in [4.78, 5) is 4.68. The van der Waals surface area contributed by atoms with E-state index in [0.717, 1.165) is 54.0 Å². The first-order valence-corrected chi connectivity index (χ1v) is 8.92. The van der Waals surface area contributed by atoms with E-state index in [1.165, 1.54) is 17.1 Å². The van der Waals surface area contributed by atoms with Crippen LogP contribution in [-0.4, -0.2) is 38.3 Å². The number of fused-ring (bicyclic) bond motifs is 1. The van der Waals surface area contributed by atoms with E-state index in [1.807, 2.05) is 24.3 Å². The lowest BCUT2D eigenvalue weighted by molar-refractivity contribution is 0.385. The number of hydrogen-bond acceptors (Lipinski definition) is 6. The molecular weight excluding hydrogens is 347 g/mol. The second-order valence-corrected chi connectivity index (χ2v) is 6.68. The highest BCUT2D eigenvalue weighted by Gasteiger charge is 2.21. The fraction of sp³-hybridized carbons (Fsp3) is 0.263. The number of aromatic nitrogens is 5. The molecule has 3 heterocycles. The Morgan fingerprint density at radius 1 is 1.07 bits per heavy atom. The van der Waals surface area contributed by atoms with E-state index in [-0.39, 0.29) is 0 Å². The maximum absolute atomic E-state index is 14.5. The molecule has 1 saturated heterocycles. The average Bonchev–Trinajstić information content (AvgIpc) is 3.38. The lowest BCUT2D eigenvalue weighted by atomic mass is 9.98. The molecule has 8 heteroatoms. The molecular formula is C19H17FN6O. The Balaban J connectivity index is 1.48. The molecule has 0 bridgehead atoms. The van der Waals surface area contributed by atoms with Gasteiger partial charge in [-0.15, -0.1) is 5.10 Å². The van der Waals surface area contributed by atoms with E-state index in [9.17, 15) is 4.39 Å². The lowest BCUT2D eigenvalue weighted by Crippen LogP contribution is -2.26. The van der Waals surface area contributed by atoms with Crippen molar-refractivity contribution in [3.8, 4) is 16.8 Å². The predicted octanol–water partition coefficient (Wildman–Crippen LogP) is 3.08. The van der Waals surface area contributed by atoms with Gasteiger partial charge in [-0.05, 0) is 71.8 Å². The number of oxazole rings is 1. The van der Waals surface area contributed by atoms with Crippen LogP contribution < -0.4 is 5.32 Å². The van der Waals surface area contributed by atoms with Gasteiger partial charge in [0.1, 0.15) is 23.3 Å². The Labute approximate surface area is 154 Å². The monoisotopic (exact) mass is 364 g/mol. The largest absolute Gasteiger partial charge is 0.440 e. The summed E-state index contributed by atoms with van der Waals surface area (Å²) in [5, 5.41) is 14.2. The summed E-state index contributed by atoms with van der Waals surface area (Å²) in [6.45, 7) is 1.98. The van der Waals surface area contributed by atoms with Crippen LogP contribution in [0.2, 0.25) is 0 Å². The number of piperidine rings is 1. The fourth-order valence-electron chi connectivity index (χ4n) is 3.51. The van der Waals surface area contributed by atoms with Crippen molar-refractivity contribution in [3.63, 3.8) is 0 Å².